The van der Waals surface area contributed by atoms with Crippen molar-refractivity contribution in [1.29, 1.82) is 0 Å². The van der Waals surface area contributed by atoms with E-state index in [1.807, 2.05) is 22.6 Å². The summed E-state index contributed by atoms with van der Waals surface area (Å²) in [5, 5.41) is 1.45. The number of alkyl halides is 3. The number of methoxy groups -OCH3 is 1. The van der Waals surface area contributed by atoms with Crippen LogP contribution in [0.25, 0.3) is 5.57 Å². The van der Waals surface area contributed by atoms with E-state index in [2.05, 4.69) is 4.74 Å². The number of ether oxygens (including phenoxy) is 2. The molecule has 5 nitrogen and oxygen atoms in total. The van der Waals surface area contributed by atoms with Gasteiger partial charge < -0.3 is 14.8 Å². The van der Waals surface area contributed by atoms with Gasteiger partial charge in [0.05, 0.1) is 23.6 Å². The number of nitrogens with one attached hydrogen (secondary N) is 1. The molecule has 1 aromatic carbocycles. The lowest BCUT2D eigenvalue weighted by Crippen LogP contribution is -2.48. The molecule has 1 amide bonds. The molecular formula is C15H14F4INO4. The van der Waals surface area contributed by atoms with Gasteiger partial charge in [0, 0.05) is 5.57 Å². The average molecular weight is 475 g/mol. The van der Waals surface area contributed by atoms with E-state index in [4.69, 9.17) is 4.74 Å². The van der Waals surface area contributed by atoms with Crippen LogP contribution in [0.5, 0.6) is 5.75 Å². The molecule has 0 saturated heterocycles. The molecule has 0 heterocycles. The van der Waals surface area contributed by atoms with Crippen molar-refractivity contribution in [2.75, 3.05) is 13.7 Å². The van der Waals surface area contributed by atoms with Crippen LogP contribution in [0, 0.1) is 3.57 Å². The maximum absolute atomic E-state index is 13.4. The van der Waals surface area contributed by atoms with E-state index in [9.17, 15) is 27.2 Å². The summed E-state index contributed by atoms with van der Waals surface area (Å²) < 4.78 is 61.3. The first kappa shape index (κ1) is 21.2. The van der Waals surface area contributed by atoms with Crippen LogP contribution in [0.3, 0.4) is 0 Å². The Bertz CT molecular complexity index is 676. The Morgan fingerprint density at radius 3 is 2.48 bits per heavy atom. The standard InChI is InChI=1S/C15H14F4INO4/c1-3-25-13(22)12(21-14(23)15(17,18)19)9(7-16)8-4-5-10(20)11(6-8)24-2/h4-7,12H,3H2,1-2H3,(H,21,23)/b9-7+. The summed E-state index contributed by atoms with van der Waals surface area (Å²) in [7, 11) is 1.36. The maximum atomic E-state index is 13.4. The molecule has 0 radical (unpaired) electrons. The molecule has 0 saturated carbocycles. The van der Waals surface area contributed by atoms with Gasteiger partial charge in [-0.2, -0.15) is 13.2 Å². The van der Waals surface area contributed by atoms with Crippen molar-refractivity contribution < 1.29 is 36.6 Å². The van der Waals surface area contributed by atoms with Gasteiger partial charge in [-0.1, -0.05) is 6.07 Å². The monoisotopic (exact) mass is 475 g/mol. The second kappa shape index (κ2) is 9.02. The van der Waals surface area contributed by atoms with E-state index >= 15 is 0 Å². The molecule has 138 valence electrons. The molecule has 10 heteroatoms. The highest BCUT2D eigenvalue weighted by molar-refractivity contribution is 14.1. The van der Waals surface area contributed by atoms with Crippen LogP contribution in [0.2, 0.25) is 0 Å². The first-order valence-electron chi connectivity index (χ1n) is 6.84. The minimum absolute atomic E-state index is 0.0557. The zero-order valence-electron chi connectivity index (χ0n) is 13.1. The van der Waals surface area contributed by atoms with Crippen molar-refractivity contribution >= 4 is 40.0 Å². The molecule has 0 fully saturated rings. The van der Waals surface area contributed by atoms with Crippen LogP contribution in [-0.4, -0.2) is 37.8 Å². The first-order valence-corrected chi connectivity index (χ1v) is 7.92. The Morgan fingerprint density at radius 2 is 2.00 bits per heavy atom. The number of hydrogen-bond donors (Lipinski definition) is 1. The van der Waals surface area contributed by atoms with E-state index in [1.165, 1.54) is 37.5 Å². The van der Waals surface area contributed by atoms with Crippen molar-refractivity contribution in [2.45, 2.75) is 19.1 Å². The Morgan fingerprint density at radius 1 is 1.36 bits per heavy atom. The summed E-state index contributed by atoms with van der Waals surface area (Å²) in [5.74, 6) is -3.29. The zero-order chi connectivity index (χ0) is 19.2. The molecule has 0 spiro atoms. The Balaban J connectivity index is 3.30. The number of carbonyl (C=O) groups is 2. The van der Waals surface area contributed by atoms with E-state index < -0.39 is 29.7 Å². The second-order valence-corrected chi connectivity index (χ2v) is 5.73. The average Bonchev–Trinajstić information content (AvgIpc) is 2.54. The molecular weight excluding hydrogens is 461 g/mol. The molecule has 1 rings (SSSR count). The van der Waals surface area contributed by atoms with Gasteiger partial charge in [0.15, 0.2) is 6.04 Å². The van der Waals surface area contributed by atoms with Crippen molar-refractivity contribution in [1.82, 2.24) is 5.32 Å². The summed E-state index contributed by atoms with van der Waals surface area (Å²) >= 11 is 1.94. The Kier molecular flexibility index (Phi) is 7.64. The number of benzene rings is 1. The van der Waals surface area contributed by atoms with Gasteiger partial charge in [0.2, 0.25) is 0 Å². The summed E-state index contributed by atoms with van der Waals surface area (Å²) in [5.41, 5.74) is -0.439. The molecule has 0 aliphatic rings. The molecule has 0 aliphatic carbocycles. The molecule has 1 aromatic rings. The van der Waals surface area contributed by atoms with Crippen molar-refractivity contribution in [3.8, 4) is 5.75 Å². The summed E-state index contributed by atoms with van der Waals surface area (Å²) in [6, 6.07) is 2.26. The highest BCUT2D eigenvalue weighted by Gasteiger charge is 2.42. The zero-order valence-corrected chi connectivity index (χ0v) is 15.3. The summed E-state index contributed by atoms with van der Waals surface area (Å²) in [6.45, 7) is 1.26. The van der Waals surface area contributed by atoms with Crippen LogP contribution < -0.4 is 10.1 Å². The predicted molar refractivity (Wildman–Crippen MR) is 89.4 cm³/mol. The molecule has 0 aromatic heterocycles. The molecule has 1 atom stereocenters. The molecule has 25 heavy (non-hydrogen) atoms. The van der Waals surface area contributed by atoms with E-state index in [0.29, 0.717) is 9.32 Å². The summed E-state index contributed by atoms with van der Waals surface area (Å²) in [6.07, 6.45) is -5.30. The van der Waals surface area contributed by atoms with Gasteiger partial charge in [0.1, 0.15) is 5.75 Å². The lowest BCUT2D eigenvalue weighted by atomic mass is 9.99. The van der Waals surface area contributed by atoms with Crippen molar-refractivity contribution in [2.24, 2.45) is 0 Å². The SMILES string of the molecule is CCOC(=O)C(NC(=O)C(F)(F)F)/C(=C/F)c1ccc(I)c(OC)c1. The van der Waals surface area contributed by atoms with Gasteiger partial charge >= 0.3 is 18.1 Å². The summed E-state index contributed by atoms with van der Waals surface area (Å²) in [4.78, 5) is 23.1. The predicted octanol–water partition coefficient (Wildman–Crippen LogP) is 3.22. The van der Waals surface area contributed by atoms with Gasteiger partial charge in [-0.3, -0.25) is 4.79 Å². The van der Waals surface area contributed by atoms with Crippen LogP contribution in [0.4, 0.5) is 17.6 Å². The van der Waals surface area contributed by atoms with Crippen LogP contribution in [0.15, 0.2) is 24.5 Å². The minimum atomic E-state index is -5.24. The van der Waals surface area contributed by atoms with E-state index in [-0.39, 0.29) is 18.5 Å². The van der Waals surface area contributed by atoms with Crippen molar-refractivity contribution in [3.63, 3.8) is 0 Å². The largest absolute Gasteiger partial charge is 0.496 e. The number of amides is 1. The fraction of sp³-hybridized carbons (Fsp3) is 0.333. The highest BCUT2D eigenvalue weighted by Crippen LogP contribution is 2.28. The van der Waals surface area contributed by atoms with Crippen LogP contribution in [0.1, 0.15) is 12.5 Å². The molecule has 0 aliphatic heterocycles. The highest BCUT2D eigenvalue weighted by atomic mass is 127. The van der Waals surface area contributed by atoms with Gasteiger partial charge in [-0.15, -0.1) is 0 Å². The fourth-order valence-corrected chi connectivity index (χ4v) is 2.39. The number of rotatable bonds is 6. The number of carbonyl (C=O) groups excluding carboxylic acids is 2. The van der Waals surface area contributed by atoms with Crippen LogP contribution in [-0.2, 0) is 14.3 Å². The van der Waals surface area contributed by atoms with E-state index in [1.54, 1.807) is 0 Å². The topological polar surface area (TPSA) is 64.6 Å². The minimum Gasteiger partial charge on any atom is -0.496 e. The second-order valence-electron chi connectivity index (χ2n) is 4.57. The number of hydrogen-bond acceptors (Lipinski definition) is 4. The fourth-order valence-electron chi connectivity index (χ4n) is 1.83. The third-order valence-corrected chi connectivity index (χ3v) is 3.86. The van der Waals surface area contributed by atoms with E-state index in [0.717, 1.165) is 0 Å². The smallest absolute Gasteiger partial charge is 0.471 e. The molecule has 1 unspecified atom stereocenters. The maximum Gasteiger partial charge on any atom is 0.471 e. The van der Waals surface area contributed by atoms with Crippen molar-refractivity contribution in [3.05, 3.63) is 33.7 Å². The van der Waals surface area contributed by atoms with Gasteiger partial charge in [0.25, 0.3) is 0 Å². The lowest BCUT2D eigenvalue weighted by molar-refractivity contribution is -0.175. The normalized spacial score (nSPS) is 13.2. The van der Waals surface area contributed by atoms with Crippen LogP contribution >= 0.6 is 22.6 Å². The van der Waals surface area contributed by atoms with Gasteiger partial charge in [-0.25, -0.2) is 9.18 Å². The number of esters is 1. The quantitative estimate of drug-likeness (QED) is 0.390. The first-order chi connectivity index (χ1) is 11.6. The molecule has 1 N–H and O–H groups in total. The Labute approximate surface area is 154 Å². The van der Waals surface area contributed by atoms with Gasteiger partial charge in [-0.05, 0) is 47.2 Å². The molecule has 0 bridgehead atoms. The number of halogens is 5. The third-order valence-electron chi connectivity index (χ3n) is 2.97. The Hall–Kier alpha value is -1.85. The lowest BCUT2D eigenvalue weighted by Gasteiger charge is -2.21. The third kappa shape index (κ3) is 5.58.